The van der Waals surface area contributed by atoms with Gasteiger partial charge in [-0.1, -0.05) is 17.7 Å². The minimum atomic E-state index is -0.397. The predicted molar refractivity (Wildman–Crippen MR) is 95.2 cm³/mol. The highest BCUT2D eigenvalue weighted by atomic mass is 35.5. The quantitative estimate of drug-likeness (QED) is 0.891. The van der Waals surface area contributed by atoms with Crippen molar-refractivity contribution < 1.29 is 13.9 Å². The molecule has 0 unspecified atom stereocenters. The first-order valence-corrected chi connectivity index (χ1v) is 9.15. The highest BCUT2D eigenvalue weighted by molar-refractivity contribution is 6.30. The Kier molecular flexibility index (Phi) is 5.81. The number of nitrogens with one attached hydrogen (secondary N) is 1. The summed E-state index contributed by atoms with van der Waals surface area (Å²) in [7, 11) is 0. The molecule has 2 aliphatic heterocycles. The van der Waals surface area contributed by atoms with Crippen LogP contribution in [0, 0.1) is 5.82 Å². The Bertz CT molecular complexity index is 614. The van der Waals surface area contributed by atoms with E-state index in [1.807, 2.05) is 4.90 Å². The Balaban J connectivity index is 1.49. The van der Waals surface area contributed by atoms with Gasteiger partial charge in [0.25, 0.3) is 0 Å². The summed E-state index contributed by atoms with van der Waals surface area (Å²) < 4.78 is 19.2. The van der Waals surface area contributed by atoms with Crippen LogP contribution in [0.5, 0.6) is 0 Å². The molecule has 7 heteroatoms. The molecule has 138 valence electrons. The minimum absolute atomic E-state index is 0.128. The van der Waals surface area contributed by atoms with Crippen LogP contribution in [-0.4, -0.2) is 60.8 Å². The topological polar surface area (TPSA) is 44.8 Å². The van der Waals surface area contributed by atoms with Gasteiger partial charge in [0.15, 0.2) is 0 Å². The lowest BCUT2D eigenvalue weighted by atomic mass is 9.87. The molecule has 0 radical (unpaired) electrons. The van der Waals surface area contributed by atoms with E-state index in [1.54, 1.807) is 12.1 Å². The molecule has 0 bridgehead atoms. The Morgan fingerprint density at radius 1 is 1.28 bits per heavy atom. The van der Waals surface area contributed by atoms with Crippen LogP contribution in [0.1, 0.15) is 25.3 Å². The van der Waals surface area contributed by atoms with Crippen molar-refractivity contribution in [2.24, 2.45) is 0 Å². The zero-order valence-electron chi connectivity index (χ0n) is 14.6. The molecule has 2 aliphatic rings. The molecular weight excluding hydrogens is 345 g/mol. The van der Waals surface area contributed by atoms with Crippen LogP contribution in [0.25, 0.3) is 0 Å². The zero-order chi connectivity index (χ0) is 17.9. The maximum atomic E-state index is 13.8. The third kappa shape index (κ3) is 4.43. The van der Waals surface area contributed by atoms with Crippen molar-refractivity contribution in [3.63, 3.8) is 0 Å². The van der Waals surface area contributed by atoms with Crippen molar-refractivity contribution in [3.8, 4) is 0 Å². The van der Waals surface area contributed by atoms with E-state index in [1.165, 1.54) is 6.07 Å². The maximum absolute atomic E-state index is 13.8. The van der Waals surface area contributed by atoms with Crippen molar-refractivity contribution in [2.45, 2.75) is 31.8 Å². The first-order valence-electron chi connectivity index (χ1n) is 8.77. The van der Waals surface area contributed by atoms with Gasteiger partial charge < -0.3 is 15.0 Å². The monoisotopic (exact) mass is 369 g/mol. The van der Waals surface area contributed by atoms with E-state index >= 15 is 0 Å². The number of carbonyl (C=O) groups is 1. The van der Waals surface area contributed by atoms with Gasteiger partial charge in [-0.2, -0.15) is 0 Å². The van der Waals surface area contributed by atoms with Crippen LogP contribution in [0.15, 0.2) is 18.2 Å². The summed E-state index contributed by atoms with van der Waals surface area (Å²) >= 11 is 5.74. The van der Waals surface area contributed by atoms with Crippen LogP contribution in [-0.2, 0) is 11.3 Å². The molecule has 1 aromatic rings. The number of nitrogens with zero attached hydrogens (tertiary/aromatic N) is 2. The second-order valence-corrected chi connectivity index (χ2v) is 7.41. The number of urea groups is 1. The third-order valence-corrected chi connectivity index (χ3v) is 5.58. The average Bonchev–Trinajstić information content (AvgIpc) is 2.62. The largest absolute Gasteiger partial charge is 0.379 e. The lowest BCUT2D eigenvalue weighted by molar-refractivity contribution is -0.0357. The smallest absolute Gasteiger partial charge is 0.317 e. The summed E-state index contributed by atoms with van der Waals surface area (Å²) in [6.07, 6.45) is 1.88. The van der Waals surface area contributed by atoms with Crippen LogP contribution in [0.4, 0.5) is 9.18 Å². The van der Waals surface area contributed by atoms with Crippen LogP contribution in [0.3, 0.4) is 0 Å². The Labute approximate surface area is 153 Å². The molecule has 1 aromatic carbocycles. The summed E-state index contributed by atoms with van der Waals surface area (Å²) in [5, 5.41) is 3.16. The van der Waals surface area contributed by atoms with Gasteiger partial charge in [-0.3, -0.25) is 4.90 Å². The van der Waals surface area contributed by atoms with E-state index in [-0.39, 0.29) is 18.1 Å². The molecule has 2 amide bonds. The summed E-state index contributed by atoms with van der Waals surface area (Å²) in [5.41, 5.74) is 0.566. The van der Waals surface area contributed by atoms with Gasteiger partial charge in [-0.25, -0.2) is 9.18 Å². The van der Waals surface area contributed by atoms with Crippen LogP contribution < -0.4 is 5.32 Å². The Morgan fingerprint density at radius 3 is 2.60 bits per heavy atom. The van der Waals surface area contributed by atoms with Crippen LogP contribution in [0.2, 0.25) is 5.02 Å². The lowest BCUT2D eigenvalue weighted by Crippen LogP contribution is -2.58. The number of carbonyl (C=O) groups excluding carboxylic acids is 1. The molecule has 0 aromatic heterocycles. The first-order chi connectivity index (χ1) is 12.0. The molecule has 3 rings (SSSR count). The summed E-state index contributed by atoms with van der Waals surface area (Å²) in [4.78, 5) is 16.7. The second-order valence-electron chi connectivity index (χ2n) is 6.98. The number of likely N-dealkylation sites (tertiary alicyclic amines) is 1. The van der Waals surface area contributed by atoms with Crippen molar-refractivity contribution in [1.29, 1.82) is 0 Å². The number of rotatable bonds is 3. The Morgan fingerprint density at radius 2 is 1.96 bits per heavy atom. The van der Waals surface area contributed by atoms with E-state index in [0.29, 0.717) is 23.7 Å². The second kappa shape index (κ2) is 7.89. The predicted octanol–water partition coefficient (Wildman–Crippen LogP) is 2.88. The molecule has 25 heavy (non-hydrogen) atoms. The molecule has 1 N–H and O–H groups in total. The van der Waals surface area contributed by atoms with Gasteiger partial charge in [-0.05, 0) is 31.9 Å². The lowest BCUT2D eigenvalue weighted by Gasteiger charge is -2.48. The first kappa shape index (κ1) is 18.4. The Hall–Kier alpha value is -1.37. The van der Waals surface area contributed by atoms with Gasteiger partial charge in [0.1, 0.15) is 5.82 Å². The number of piperidine rings is 1. The summed E-state index contributed by atoms with van der Waals surface area (Å²) in [6, 6.07) is 4.35. The molecule has 0 atom stereocenters. The molecule has 5 nitrogen and oxygen atoms in total. The number of hydrogen-bond acceptors (Lipinski definition) is 3. The van der Waals surface area contributed by atoms with Gasteiger partial charge in [0.05, 0.1) is 13.2 Å². The standard InChI is InChI=1S/C18H25ClFN3O2/c1-18(23-8-10-25-11-9-23)4-6-22(7-5-18)17(24)21-13-14-2-3-15(19)12-16(14)20/h2-3,12H,4-11,13H2,1H3,(H,21,24). The third-order valence-electron chi connectivity index (χ3n) is 5.35. The fourth-order valence-corrected chi connectivity index (χ4v) is 3.72. The summed E-state index contributed by atoms with van der Waals surface area (Å²) in [6.45, 7) is 7.34. The number of amides is 2. The van der Waals surface area contributed by atoms with E-state index in [2.05, 4.69) is 17.1 Å². The van der Waals surface area contributed by atoms with Gasteiger partial charge in [0, 0.05) is 48.8 Å². The van der Waals surface area contributed by atoms with Crippen molar-refractivity contribution in [3.05, 3.63) is 34.6 Å². The number of morpholine rings is 1. The normalized spacial score (nSPS) is 21.2. The van der Waals surface area contributed by atoms with E-state index < -0.39 is 5.82 Å². The van der Waals surface area contributed by atoms with Crippen molar-refractivity contribution in [2.75, 3.05) is 39.4 Å². The van der Waals surface area contributed by atoms with E-state index in [0.717, 1.165) is 39.1 Å². The number of halogens is 2. The minimum Gasteiger partial charge on any atom is -0.379 e. The van der Waals surface area contributed by atoms with E-state index in [9.17, 15) is 9.18 Å². The van der Waals surface area contributed by atoms with E-state index in [4.69, 9.17) is 16.3 Å². The fourth-order valence-electron chi connectivity index (χ4n) is 3.56. The highest BCUT2D eigenvalue weighted by Crippen LogP contribution is 2.29. The van der Waals surface area contributed by atoms with Crippen molar-refractivity contribution in [1.82, 2.24) is 15.1 Å². The molecule has 2 heterocycles. The summed E-state index contributed by atoms with van der Waals surface area (Å²) in [5.74, 6) is -0.397. The maximum Gasteiger partial charge on any atom is 0.317 e. The van der Waals surface area contributed by atoms with Crippen molar-refractivity contribution >= 4 is 17.6 Å². The molecule has 0 aliphatic carbocycles. The van der Waals surface area contributed by atoms with Gasteiger partial charge in [-0.15, -0.1) is 0 Å². The average molecular weight is 370 g/mol. The zero-order valence-corrected chi connectivity index (χ0v) is 15.3. The molecule has 0 saturated carbocycles. The molecular formula is C18H25ClFN3O2. The molecule has 0 spiro atoms. The van der Waals surface area contributed by atoms with Gasteiger partial charge in [0.2, 0.25) is 0 Å². The number of hydrogen-bond donors (Lipinski definition) is 1. The number of ether oxygens (including phenoxy) is 1. The highest BCUT2D eigenvalue weighted by Gasteiger charge is 2.37. The SMILES string of the molecule is CC1(N2CCOCC2)CCN(C(=O)NCc2ccc(Cl)cc2F)CC1. The number of benzene rings is 1. The molecule has 2 saturated heterocycles. The fraction of sp³-hybridized carbons (Fsp3) is 0.611. The van der Waals surface area contributed by atoms with Gasteiger partial charge >= 0.3 is 6.03 Å². The molecule has 2 fully saturated rings. The van der Waals surface area contributed by atoms with Crippen LogP contribution >= 0.6 is 11.6 Å².